The Bertz CT molecular complexity index is 1190. The second kappa shape index (κ2) is 11.5. The number of hydrogen-bond donors (Lipinski definition) is 2. The number of carbonyl (C=O) groups excluding carboxylic acids is 1. The molecule has 4 nitrogen and oxygen atoms in total. The Labute approximate surface area is 222 Å². The summed E-state index contributed by atoms with van der Waals surface area (Å²) in [6.07, 6.45) is 4.16. The summed E-state index contributed by atoms with van der Waals surface area (Å²) in [5.41, 5.74) is 5.52. The molecule has 2 N–H and O–H groups in total. The fourth-order valence-corrected chi connectivity index (χ4v) is 5.67. The van der Waals surface area contributed by atoms with Gasteiger partial charge in [0.15, 0.2) is 0 Å². The standard InChI is InChI=1S/C33H42N2O2/c1-23-15-20-28(31(36)21-23)24(2)34-32(37)30-14-10-9-13-29(30)26-18-16-25(17-19-26)22-35(5)33(3,4)27-11-7-6-8-12-27/h6-8,11-12,15-21,24,29-30,36H,9-10,13-14,22H2,1-5H3,(H,34,37)/t24?,29-,30+/m1/s1. The second-order valence-corrected chi connectivity index (χ2v) is 11.3. The molecule has 1 fully saturated rings. The summed E-state index contributed by atoms with van der Waals surface area (Å²) in [5, 5.41) is 13.6. The molecule has 0 bridgehead atoms. The van der Waals surface area contributed by atoms with E-state index in [4.69, 9.17) is 0 Å². The third-order valence-electron chi connectivity index (χ3n) is 8.38. The van der Waals surface area contributed by atoms with Crippen molar-refractivity contribution in [1.29, 1.82) is 0 Å². The number of benzene rings is 3. The van der Waals surface area contributed by atoms with Crippen molar-refractivity contribution >= 4 is 5.91 Å². The molecule has 1 saturated carbocycles. The summed E-state index contributed by atoms with van der Waals surface area (Å²) in [7, 11) is 2.18. The molecule has 0 aliphatic heterocycles. The van der Waals surface area contributed by atoms with E-state index in [2.05, 4.69) is 85.7 Å². The van der Waals surface area contributed by atoms with Gasteiger partial charge >= 0.3 is 0 Å². The fourth-order valence-electron chi connectivity index (χ4n) is 5.67. The molecule has 0 heterocycles. The highest BCUT2D eigenvalue weighted by atomic mass is 16.3. The summed E-state index contributed by atoms with van der Waals surface area (Å²) >= 11 is 0. The van der Waals surface area contributed by atoms with Gasteiger partial charge in [-0.3, -0.25) is 9.69 Å². The van der Waals surface area contributed by atoms with Crippen LogP contribution in [0.25, 0.3) is 0 Å². The van der Waals surface area contributed by atoms with Gasteiger partial charge in [0.05, 0.1) is 6.04 Å². The number of aryl methyl sites for hydroxylation is 1. The third-order valence-corrected chi connectivity index (χ3v) is 8.38. The average Bonchev–Trinajstić information content (AvgIpc) is 2.89. The molecule has 3 aromatic rings. The molecule has 4 heteroatoms. The van der Waals surface area contributed by atoms with Crippen molar-refractivity contribution in [3.8, 4) is 5.75 Å². The van der Waals surface area contributed by atoms with Crippen LogP contribution in [0.5, 0.6) is 5.75 Å². The van der Waals surface area contributed by atoms with Crippen LogP contribution in [0.15, 0.2) is 72.8 Å². The van der Waals surface area contributed by atoms with Gasteiger partial charge in [0.2, 0.25) is 5.91 Å². The number of carbonyl (C=O) groups is 1. The first-order valence-corrected chi connectivity index (χ1v) is 13.6. The average molecular weight is 499 g/mol. The predicted molar refractivity (Wildman–Crippen MR) is 151 cm³/mol. The number of amides is 1. The largest absolute Gasteiger partial charge is 0.508 e. The van der Waals surface area contributed by atoms with Crippen LogP contribution in [-0.2, 0) is 16.9 Å². The smallest absolute Gasteiger partial charge is 0.224 e. The predicted octanol–water partition coefficient (Wildman–Crippen LogP) is 7.22. The molecular weight excluding hydrogens is 456 g/mol. The molecule has 0 saturated heterocycles. The quantitative estimate of drug-likeness (QED) is 0.345. The van der Waals surface area contributed by atoms with Crippen LogP contribution in [0.2, 0.25) is 0 Å². The Kier molecular flexibility index (Phi) is 8.39. The van der Waals surface area contributed by atoms with Crippen molar-refractivity contribution < 1.29 is 9.90 Å². The zero-order chi connectivity index (χ0) is 26.6. The highest BCUT2D eigenvalue weighted by molar-refractivity contribution is 5.80. The molecule has 1 amide bonds. The lowest BCUT2D eigenvalue weighted by atomic mass is 9.74. The molecule has 1 unspecified atom stereocenters. The number of nitrogens with zero attached hydrogens (tertiary/aromatic N) is 1. The molecular formula is C33H42N2O2. The Morgan fingerprint density at radius 3 is 2.38 bits per heavy atom. The van der Waals surface area contributed by atoms with Crippen LogP contribution in [0.3, 0.4) is 0 Å². The molecule has 0 spiro atoms. The molecule has 196 valence electrons. The number of aromatic hydroxyl groups is 1. The van der Waals surface area contributed by atoms with Crippen LogP contribution in [0, 0.1) is 12.8 Å². The number of hydrogen-bond acceptors (Lipinski definition) is 3. The first kappa shape index (κ1) is 26.9. The highest BCUT2D eigenvalue weighted by Gasteiger charge is 2.33. The van der Waals surface area contributed by atoms with Gasteiger partial charge in [-0.05, 0) is 81.8 Å². The van der Waals surface area contributed by atoms with E-state index in [0.717, 1.165) is 43.4 Å². The van der Waals surface area contributed by atoms with Gasteiger partial charge < -0.3 is 10.4 Å². The minimum atomic E-state index is -0.235. The maximum atomic E-state index is 13.4. The molecule has 0 aromatic heterocycles. The van der Waals surface area contributed by atoms with Gasteiger partial charge in [-0.1, -0.05) is 79.6 Å². The summed E-state index contributed by atoms with van der Waals surface area (Å²) < 4.78 is 0. The highest BCUT2D eigenvalue weighted by Crippen LogP contribution is 2.39. The van der Waals surface area contributed by atoms with Gasteiger partial charge in [-0.15, -0.1) is 0 Å². The molecule has 1 aliphatic carbocycles. The number of rotatable bonds is 8. The van der Waals surface area contributed by atoms with E-state index in [1.54, 1.807) is 6.07 Å². The van der Waals surface area contributed by atoms with Crippen molar-refractivity contribution in [2.75, 3.05) is 7.05 Å². The Morgan fingerprint density at radius 1 is 1.03 bits per heavy atom. The van der Waals surface area contributed by atoms with Crippen molar-refractivity contribution in [2.45, 2.75) is 77.4 Å². The molecule has 0 radical (unpaired) electrons. The first-order chi connectivity index (χ1) is 17.7. The minimum Gasteiger partial charge on any atom is -0.508 e. The van der Waals surface area contributed by atoms with Crippen molar-refractivity contribution in [3.63, 3.8) is 0 Å². The van der Waals surface area contributed by atoms with E-state index in [-0.39, 0.29) is 35.1 Å². The Morgan fingerprint density at radius 2 is 1.70 bits per heavy atom. The van der Waals surface area contributed by atoms with Crippen LogP contribution in [0.4, 0.5) is 0 Å². The van der Waals surface area contributed by atoms with E-state index in [1.165, 1.54) is 16.7 Å². The zero-order valence-electron chi connectivity index (χ0n) is 23.0. The van der Waals surface area contributed by atoms with E-state index >= 15 is 0 Å². The Hall–Kier alpha value is -3.11. The summed E-state index contributed by atoms with van der Waals surface area (Å²) in [4.78, 5) is 15.8. The van der Waals surface area contributed by atoms with Gasteiger partial charge in [0.1, 0.15) is 5.75 Å². The van der Waals surface area contributed by atoms with Gasteiger partial charge in [0, 0.05) is 23.6 Å². The van der Waals surface area contributed by atoms with Crippen molar-refractivity contribution in [1.82, 2.24) is 10.2 Å². The normalized spacial score (nSPS) is 19.0. The maximum absolute atomic E-state index is 13.4. The van der Waals surface area contributed by atoms with E-state index in [9.17, 15) is 9.90 Å². The molecule has 4 rings (SSSR count). The lowest BCUT2D eigenvalue weighted by Gasteiger charge is -2.36. The van der Waals surface area contributed by atoms with Crippen LogP contribution < -0.4 is 5.32 Å². The third kappa shape index (κ3) is 6.24. The van der Waals surface area contributed by atoms with Gasteiger partial charge in [-0.2, -0.15) is 0 Å². The van der Waals surface area contributed by atoms with Crippen LogP contribution in [0.1, 0.15) is 86.2 Å². The SMILES string of the molecule is Cc1ccc(C(C)NC(=O)[C@H]2CCCC[C@@H]2c2ccc(CN(C)C(C)(C)c3ccccc3)cc2)c(O)c1. The van der Waals surface area contributed by atoms with Crippen LogP contribution in [-0.4, -0.2) is 23.0 Å². The van der Waals surface area contributed by atoms with Gasteiger partial charge in [-0.25, -0.2) is 0 Å². The summed E-state index contributed by atoms with van der Waals surface area (Å²) in [6.45, 7) is 9.28. The molecule has 37 heavy (non-hydrogen) atoms. The first-order valence-electron chi connectivity index (χ1n) is 13.6. The van der Waals surface area contributed by atoms with E-state index in [0.29, 0.717) is 0 Å². The monoisotopic (exact) mass is 498 g/mol. The van der Waals surface area contributed by atoms with E-state index < -0.39 is 0 Å². The number of phenolic OH excluding ortho intramolecular Hbond substituents is 1. The molecule has 3 aromatic carbocycles. The topological polar surface area (TPSA) is 52.6 Å². The molecule has 1 aliphatic rings. The van der Waals surface area contributed by atoms with E-state index in [1.807, 2.05) is 26.0 Å². The fraction of sp³-hybridized carbons (Fsp3) is 0.424. The number of phenols is 1. The summed E-state index contributed by atoms with van der Waals surface area (Å²) in [6, 6.07) is 24.9. The van der Waals surface area contributed by atoms with Crippen LogP contribution >= 0.6 is 0 Å². The van der Waals surface area contributed by atoms with Crippen molar-refractivity contribution in [3.05, 3.63) is 101 Å². The lowest BCUT2D eigenvalue weighted by Crippen LogP contribution is -2.38. The lowest BCUT2D eigenvalue weighted by molar-refractivity contribution is -0.127. The summed E-state index contributed by atoms with van der Waals surface area (Å²) in [5.74, 6) is 0.504. The van der Waals surface area contributed by atoms with Gasteiger partial charge in [0.25, 0.3) is 0 Å². The van der Waals surface area contributed by atoms with Crippen molar-refractivity contribution in [2.24, 2.45) is 5.92 Å². The minimum absolute atomic E-state index is 0.0469. The second-order valence-electron chi connectivity index (χ2n) is 11.3. The Balaban J connectivity index is 1.43. The maximum Gasteiger partial charge on any atom is 0.224 e. The zero-order valence-corrected chi connectivity index (χ0v) is 23.0. The molecule has 3 atom stereocenters. The number of nitrogens with one attached hydrogen (secondary N) is 1.